The highest BCUT2D eigenvalue weighted by Gasteiger charge is 2.19. The Morgan fingerprint density at radius 3 is 2.63 bits per heavy atom. The number of anilines is 1. The third kappa shape index (κ3) is 2.89. The number of nitrogens with zero attached hydrogens (tertiary/aromatic N) is 1. The van der Waals surface area contributed by atoms with Gasteiger partial charge in [-0.2, -0.15) is 5.26 Å². The largest absolute Gasteiger partial charge is 0.277 e. The van der Waals surface area contributed by atoms with Crippen molar-refractivity contribution in [2.45, 2.75) is 11.1 Å². The third-order valence-electron chi connectivity index (χ3n) is 2.41. The van der Waals surface area contributed by atoms with Gasteiger partial charge in [-0.3, -0.25) is 4.72 Å². The van der Waals surface area contributed by atoms with Gasteiger partial charge >= 0.3 is 0 Å². The molecule has 0 radical (unpaired) electrons. The zero-order valence-corrected chi connectivity index (χ0v) is 12.2. The number of aryl methyl sites for hydroxylation is 1. The van der Waals surface area contributed by atoms with Gasteiger partial charge in [0.15, 0.2) is 0 Å². The normalized spacial score (nSPS) is 11.0. The Hall–Kier alpha value is -1.55. The fourth-order valence-electron chi connectivity index (χ4n) is 1.47. The molecule has 1 N–H and O–H groups in total. The molecular formula is C12H9ClN2O2S2. The Bertz CT molecular complexity index is 740. The van der Waals surface area contributed by atoms with Crippen LogP contribution in [0, 0.1) is 18.3 Å². The molecule has 0 atom stereocenters. The van der Waals surface area contributed by atoms with Crippen LogP contribution < -0.4 is 4.72 Å². The van der Waals surface area contributed by atoms with Gasteiger partial charge in [-0.25, -0.2) is 8.42 Å². The molecule has 1 aromatic heterocycles. The quantitative estimate of drug-likeness (QED) is 0.944. The number of nitrogens with one attached hydrogen (secondary N) is 1. The van der Waals surface area contributed by atoms with Gasteiger partial charge in [0.2, 0.25) is 0 Å². The van der Waals surface area contributed by atoms with Crippen molar-refractivity contribution in [2.75, 3.05) is 4.72 Å². The summed E-state index contributed by atoms with van der Waals surface area (Å²) >= 11 is 6.90. The number of halogens is 1. The van der Waals surface area contributed by atoms with Gasteiger partial charge < -0.3 is 0 Å². The molecule has 0 spiro atoms. The maximum absolute atomic E-state index is 12.2. The second-order valence-electron chi connectivity index (χ2n) is 3.77. The van der Waals surface area contributed by atoms with E-state index in [-0.39, 0.29) is 4.21 Å². The molecule has 98 valence electrons. The van der Waals surface area contributed by atoms with E-state index in [1.807, 2.05) is 6.07 Å². The summed E-state index contributed by atoms with van der Waals surface area (Å²) < 4.78 is 26.9. The first-order valence-corrected chi connectivity index (χ1v) is 7.89. The van der Waals surface area contributed by atoms with Crippen LogP contribution in [0.5, 0.6) is 0 Å². The molecule has 0 fully saturated rings. The predicted octanol–water partition coefficient (Wildman–Crippen LogP) is 3.38. The lowest BCUT2D eigenvalue weighted by Crippen LogP contribution is -2.12. The number of rotatable bonds is 3. The van der Waals surface area contributed by atoms with Crippen LogP contribution in [0.2, 0.25) is 5.02 Å². The highest BCUT2D eigenvalue weighted by atomic mass is 35.5. The molecule has 7 heteroatoms. The first-order chi connectivity index (χ1) is 8.94. The molecule has 0 aliphatic rings. The van der Waals surface area contributed by atoms with Crippen LogP contribution in [0.3, 0.4) is 0 Å². The van der Waals surface area contributed by atoms with Crippen LogP contribution in [0.4, 0.5) is 5.69 Å². The van der Waals surface area contributed by atoms with E-state index in [2.05, 4.69) is 4.72 Å². The topological polar surface area (TPSA) is 70.0 Å². The van der Waals surface area contributed by atoms with Crippen LogP contribution in [0.25, 0.3) is 0 Å². The summed E-state index contributed by atoms with van der Waals surface area (Å²) in [4.78, 5) is 0.344. The van der Waals surface area contributed by atoms with E-state index in [4.69, 9.17) is 16.9 Å². The lowest BCUT2D eigenvalue weighted by Gasteiger charge is -2.10. The van der Waals surface area contributed by atoms with Gasteiger partial charge in [0.05, 0.1) is 10.7 Å². The van der Waals surface area contributed by atoms with E-state index in [0.29, 0.717) is 15.6 Å². The number of benzene rings is 1. The molecule has 0 unspecified atom stereocenters. The summed E-state index contributed by atoms with van der Waals surface area (Å²) in [6, 6.07) is 9.90. The summed E-state index contributed by atoms with van der Waals surface area (Å²) in [7, 11) is -3.71. The molecule has 1 aromatic carbocycles. The van der Waals surface area contributed by atoms with Crippen molar-refractivity contribution in [1.29, 1.82) is 5.26 Å². The summed E-state index contributed by atoms with van der Waals surface area (Å²) in [5.74, 6) is 0. The van der Waals surface area contributed by atoms with Gasteiger partial charge in [0, 0.05) is 0 Å². The summed E-state index contributed by atoms with van der Waals surface area (Å²) in [6.07, 6.45) is 0. The molecule has 0 saturated carbocycles. The lowest BCUT2D eigenvalue weighted by atomic mass is 10.2. The molecule has 2 rings (SSSR count). The van der Waals surface area contributed by atoms with Crippen molar-refractivity contribution in [3.63, 3.8) is 0 Å². The minimum absolute atomic E-state index is 0.0865. The van der Waals surface area contributed by atoms with E-state index in [9.17, 15) is 8.42 Å². The van der Waals surface area contributed by atoms with Crippen LogP contribution >= 0.6 is 22.9 Å². The lowest BCUT2D eigenvalue weighted by molar-refractivity contribution is 0.603. The average molecular weight is 313 g/mol. The maximum atomic E-state index is 12.2. The third-order valence-corrected chi connectivity index (χ3v) is 5.56. The van der Waals surface area contributed by atoms with Crippen molar-refractivity contribution < 1.29 is 8.42 Å². The van der Waals surface area contributed by atoms with Crippen LogP contribution in [-0.2, 0) is 10.0 Å². The van der Waals surface area contributed by atoms with Crippen molar-refractivity contribution in [1.82, 2.24) is 0 Å². The zero-order chi connectivity index (χ0) is 14.0. The summed E-state index contributed by atoms with van der Waals surface area (Å²) in [5, 5.41) is 9.05. The first-order valence-electron chi connectivity index (χ1n) is 5.22. The van der Waals surface area contributed by atoms with Crippen LogP contribution in [0.1, 0.15) is 10.4 Å². The van der Waals surface area contributed by atoms with Crippen molar-refractivity contribution >= 4 is 38.6 Å². The average Bonchev–Trinajstić information content (AvgIpc) is 2.83. The molecule has 19 heavy (non-hydrogen) atoms. The Morgan fingerprint density at radius 2 is 2.05 bits per heavy atom. The summed E-state index contributed by atoms with van der Waals surface area (Å²) in [6.45, 7) is 1.76. The molecule has 0 saturated heterocycles. The number of sulfonamides is 1. The number of thiophene rings is 1. The Kier molecular flexibility index (Phi) is 3.80. The Labute approximate surface area is 120 Å². The maximum Gasteiger partial charge on any atom is 0.271 e. The SMILES string of the molecule is Cc1cccc(Cl)c1NS(=O)(=O)c1ccc(C#N)s1. The highest BCUT2D eigenvalue weighted by molar-refractivity contribution is 7.94. The molecule has 2 aromatic rings. The van der Waals surface area contributed by atoms with Gasteiger partial charge in [-0.1, -0.05) is 23.7 Å². The Morgan fingerprint density at radius 1 is 1.32 bits per heavy atom. The number of para-hydroxylation sites is 1. The van der Waals surface area contributed by atoms with E-state index >= 15 is 0 Å². The second-order valence-corrected chi connectivity index (χ2v) is 7.17. The first kappa shape index (κ1) is 13.9. The van der Waals surface area contributed by atoms with Gasteiger partial charge in [-0.15, -0.1) is 11.3 Å². The van der Waals surface area contributed by atoms with Crippen LogP contribution in [0.15, 0.2) is 34.5 Å². The molecule has 0 amide bonds. The van der Waals surface area contributed by atoms with E-state index in [0.717, 1.165) is 16.9 Å². The van der Waals surface area contributed by atoms with E-state index in [1.165, 1.54) is 12.1 Å². The number of nitriles is 1. The van der Waals surface area contributed by atoms with Gasteiger partial charge in [-0.05, 0) is 30.7 Å². The standard InChI is InChI=1S/C12H9ClN2O2S2/c1-8-3-2-4-10(13)12(8)15-19(16,17)11-6-5-9(7-14)18-11/h2-6,15H,1H3. The minimum atomic E-state index is -3.71. The number of hydrogen-bond acceptors (Lipinski definition) is 4. The van der Waals surface area contributed by atoms with E-state index in [1.54, 1.807) is 25.1 Å². The predicted molar refractivity (Wildman–Crippen MR) is 76.0 cm³/mol. The molecule has 0 bridgehead atoms. The zero-order valence-electron chi connectivity index (χ0n) is 9.84. The molecular weight excluding hydrogens is 304 g/mol. The minimum Gasteiger partial charge on any atom is -0.277 e. The van der Waals surface area contributed by atoms with Crippen molar-refractivity contribution in [3.05, 3.63) is 45.8 Å². The van der Waals surface area contributed by atoms with Crippen LogP contribution in [-0.4, -0.2) is 8.42 Å². The molecule has 1 heterocycles. The van der Waals surface area contributed by atoms with Crippen molar-refractivity contribution in [2.24, 2.45) is 0 Å². The molecule has 4 nitrogen and oxygen atoms in total. The van der Waals surface area contributed by atoms with Gasteiger partial charge in [0.25, 0.3) is 10.0 Å². The second kappa shape index (κ2) is 5.21. The molecule has 0 aliphatic heterocycles. The van der Waals surface area contributed by atoms with Gasteiger partial charge in [0.1, 0.15) is 15.2 Å². The summed E-state index contributed by atoms with van der Waals surface area (Å²) in [5.41, 5.74) is 1.09. The fourth-order valence-corrected chi connectivity index (χ4v) is 4.05. The Balaban J connectivity index is 2.40. The highest BCUT2D eigenvalue weighted by Crippen LogP contribution is 2.29. The number of hydrogen-bond donors (Lipinski definition) is 1. The fraction of sp³-hybridized carbons (Fsp3) is 0.0833. The monoisotopic (exact) mass is 312 g/mol. The van der Waals surface area contributed by atoms with Crippen molar-refractivity contribution in [3.8, 4) is 6.07 Å². The van der Waals surface area contributed by atoms with E-state index < -0.39 is 10.0 Å². The smallest absolute Gasteiger partial charge is 0.271 e. The molecule has 0 aliphatic carbocycles.